The van der Waals surface area contributed by atoms with E-state index in [9.17, 15) is 9.59 Å². The van der Waals surface area contributed by atoms with E-state index >= 15 is 0 Å². The van der Waals surface area contributed by atoms with Gasteiger partial charge in [0.15, 0.2) is 5.13 Å². The van der Waals surface area contributed by atoms with E-state index in [0.717, 1.165) is 31.6 Å². The number of aromatic nitrogens is 1. The van der Waals surface area contributed by atoms with Crippen LogP contribution in [0.1, 0.15) is 35.5 Å². The predicted molar refractivity (Wildman–Crippen MR) is 122 cm³/mol. The molecule has 1 aromatic carbocycles. The minimum atomic E-state index is -0.236. The number of carbonyl (C=O) groups excluding carboxylic acids is 2. The van der Waals surface area contributed by atoms with Crippen LogP contribution in [0.4, 0.5) is 10.8 Å². The van der Waals surface area contributed by atoms with Crippen molar-refractivity contribution in [2.45, 2.75) is 25.8 Å². The normalized spacial score (nSPS) is 13.2. The maximum atomic E-state index is 13.2. The minimum Gasteiger partial charge on any atom is -0.495 e. The van der Waals surface area contributed by atoms with E-state index in [0.29, 0.717) is 28.9 Å². The van der Waals surface area contributed by atoms with E-state index in [1.165, 1.54) is 11.3 Å². The summed E-state index contributed by atoms with van der Waals surface area (Å²) in [6.07, 6.45) is 3.94. The highest BCUT2D eigenvalue weighted by atomic mass is 32.1. The van der Waals surface area contributed by atoms with Crippen LogP contribution in [0.2, 0.25) is 0 Å². The molecule has 2 amide bonds. The van der Waals surface area contributed by atoms with Gasteiger partial charge in [-0.05, 0) is 37.1 Å². The van der Waals surface area contributed by atoms with Gasteiger partial charge in [0.1, 0.15) is 17.2 Å². The number of furan rings is 1. The number of likely N-dealkylation sites (tertiary alicyclic amines) is 1. The lowest BCUT2D eigenvalue weighted by Gasteiger charge is -2.22. The van der Waals surface area contributed by atoms with Crippen LogP contribution in [0.25, 0.3) is 0 Å². The van der Waals surface area contributed by atoms with Gasteiger partial charge in [-0.1, -0.05) is 12.1 Å². The summed E-state index contributed by atoms with van der Waals surface area (Å²) in [5, 5.41) is 5.51. The Morgan fingerprint density at radius 1 is 1.22 bits per heavy atom. The first-order chi connectivity index (χ1) is 15.6. The number of anilines is 2. The summed E-state index contributed by atoms with van der Waals surface area (Å²) in [6, 6.07) is 11.1. The maximum Gasteiger partial charge on any atom is 0.273 e. The van der Waals surface area contributed by atoms with Gasteiger partial charge in [0, 0.05) is 31.4 Å². The Bertz CT molecular complexity index is 1040. The lowest BCUT2D eigenvalue weighted by Crippen LogP contribution is -2.36. The summed E-state index contributed by atoms with van der Waals surface area (Å²) in [7, 11) is 1.60. The van der Waals surface area contributed by atoms with Crippen LogP contribution in [0.3, 0.4) is 0 Å². The summed E-state index contributed by atoms with van der Waals surface area (Å²) in [6.45, 7) is 2.19. The molecule has 3 heterocycles. The predicted octanol–water partition coefficient (Wildman–Crippen LogP) is 4.14. The second kappa shape index (κ2) is 10.3. The van der Waals surface area contributed by atoms with Gasteiger partial charge in [0.2, 0.25) is 5.91 Å². The molecule has 3 aromatic rings. The molecule has 1 fully saturated rings. The number of nitrogens with one attached hydrogen (secondary N) is 1. The molecule has 1 N–H and O–H groups in total. The van der Waals surface area contributed by atoms with Crippen LogP contribution in [-0.4, -0.2) is 53.3 Å². The van der Waals surface area contributed by atoms with Gasteiger partial charge in [0.25, 0.3) is 5.91 Å². The molecule has 8 nitrogen and oxygen atoms in total. The highest BCUT2D eigenvalue weighted by Gasteiger charge is 2.23. The molecular formula is C23H26N4O4S. The second-order valence-electron chi connectivity index (χ2n) is 7.51. The molecule has 4 rings (SSSR count). The monoisotopic (exact) mass is 454 g/mol. The molecule has 1 aliphatic rings. The fourth-order valence-corrected chi connectivity index (χ4v) is 4.35. The Hall–Kier alpha value is -3.33. The van der Waals surface area contributed by atoms with Gasteiger partial charge in [-0.2, -0.15) is 0 Å². The second-order valence-corrected chi connectivity index (χ2v) is 8.37. The van der Waals surface area contributed by atoms with E-state index in [1.54, 1.807) is 29.7 Å². The molecule has 32 heavy (non-hydrogen) atoms. The van der Waals surface area contributed by atoms with Crippen molar-refractivity contribution in [2.24, 2.45) is 0 Å². The Labute approximate surface area is 190 Å². The van der Waals surface area contributed by atoms with Crippen LogP contribution in [0.15, 0.2) is 52.5 Å². The third-order valence-corrected chi connectivity index (χ3v) is 6.10. The number of carbonyl (C=O) groups is 2. The third kappa shape index (κ3) is 5.28. The smallest absolute Gasteiger partial charge is 0.273 e. The quantitative estimate of drug-likeness (QED) is 0.523. The highest BCUT2D eigenvalue weighted by molar-refractivity contribution is 7.14. The molecule has 1 aliphatic heterocycles. The Morgan fingerprint density at radius 2 is 2.03 bits per heavy atom. The van der Waals surface area contributed by atoms with Gasteiger partial charge in [0.05, 0.1) is 25.6 Å². The summed E-state index contributed by atoms with van der Waals surface area (Å²) in [4.78, 5) is 33.7. The number of para-hydroxylation sites is 2. The largest absolute Gasteiger partial charge is 0.495 e. The van der Waals surface area contributed by atoms with Crippen molar-refractivity contribution in [3.8, 4) is 5.75 Å². The molecule has 0 spiro atoms. The van der Waals surface area contributed by atoms with Crippen molar-refractivity contribution in [3.05, 3.63) is 59.5 Å². The first kappa shape index (κ1) is 21.9. The molecule has 0 saturated carbocycles. The molecule has 168 valence electrons. The number of hydrogen-bond donors (Lipinski definition) is 1. The van der Waals surface area contributed by atoms with Crippen LogP contribution in [-0.2, 0) is 11.3 Å². The minimum absolute atomic E-state index is 0.0801. The zero-order valence-electron chi connectivity index (χ0n) is 18.0. The fraction of sp³-hybridized carbons (Fsp3) is 0.348. The van der Waals surface area contributed by atoms with E-state index in [2.05, 4.69) is 10.3 Å². The molecule has 0 radical (unpaired) electrons. The molecule has 2 aromatic heterocycles. The van der Waals surface area contributed by atoms with E-state index < -0.39 is 0 Å². The van der Waals surface area contributed by atoms with E-state index in [4.69, 9.17) is 9.15 Å². The first-order valence-corrected chi connectivity index (χ1v) is 11.5. The van der Waals surface area contributed by atoms with Crippen molar-refractivity contribution in [1.82, 2.24) is 14.8 Å². The Morgan fingerprint density at radius 3 is 2.78 bits per heavy atom. The number of thiazole rings is 1. The van der Waals surface area contributed by atoms with Crippen molar-refractivity contribution in [2.75, 3.05) is 32.1 Å². The van der Waals surface area contributed by atoms with Gasteiger partial charge < -0.3 is 24.3 Å². The topological polar surface area (TPSA) is 87.9 Å². The van der Waals surface area contributed by atoms with E-state index in [1.807, 2.05) is 35.2 Å². The average Bonchev–Trinajstić information content (AvgIpc) is 3.59. The number of benzene rings is 1. The summed E-state index contributed by atoms with van der Waals surface area (Å²) in [5.74, 6) is 1.20. The Balaban J connectivity index is 1.45. The van der Waals surface area contributed by atoms with E-state index in [-0.39, 0.29) is 24.8 Å². The standard InChI is InChI=1S/C23H26N4O4S/c1-30-20-9-3-2-8-18(20)24-23-25-19(16-32-23)22(29)27(15-17-7-6-14-31-17)13-10-21(28)26-11-4-5-12-26/h2-3,6-9,14,16H,4-5,10-13,15H2,1H3,(H,24,25). The van der Waals surface area contributed by atoms with Gasteiger partial charge in [-0.3, -0.25) is 9.59 Å². The van der Waals surface area contributed by atoms with Gasteiger partial charge in [-0.15, -0.1) is 11.3 Å². The van der Waals surface area contributed by atoms with Crippen LogP contribution in [0.5, 0.6) is 5.75 Å². The van der Waals surface area contributed by atoms with Crippen LogP contribution >= 0.6 is 11.3 Å². The van der Waals surface area contributed by atoms with Crippen molar-refractivity contribution >= 4 is 34.0 Å². The molecule has 1 saturated heterocycles. The van der Waals surface area contributed by atoms with Crippen molar-refractivity contribution < 1.29 is 18.7 Å². The fourth-order valence-electron chi connectivity index (χ4n) is 3.65. The number of hydrogen-bond acceptors (Lipinski definition) is 7. The highest BCUT2D eigenvalue weighted by Crippen LogP contribution is 2.29. The SMILES string of the molecule is COc1ccccc1Nc1nc(C(=O)N(CCC(=O)N2CCCC2)Cc2ccco2)cs1. The van der Waals surface area contributed by atoms with Gasteiger partial charge in [-0.25, -0.2) is 4.98 Å². The van der Waals surface area contributed by atoms with Crippen molar-refractivity contribution in [3.63, 3.8) is 0 Å². The molecule has 9 heteroatoms. The lowest BCUT2D eigenvalue weighted by atomic mass is 10.3. The molecule has 0 atom stereocenters. The molecule has 0 unspecified atom stereocenters. The number of rotatable bonds is 9. The summed E-state index contributed by atoms with van der Waals surface area (Å²) < 4.78 is 10.8. The summed E-state index contributed by atoms with van der Waals surface area (Å²) in [5.41, 5.74) is 1.10. The summed E-state index contributed by atoms with van der Waals surface area (Å²) >= 11 is 1.34. The Kier molecular flexibility index (Phi) is 7.06. The van der Waals surface area contributed by atoms with Crippen LogP contribution in [0, 0.1) is 0 Å². The van der Waals surface area contributed by atoms with Gasteiger partial charge >= 0.3 is 0 Å². The number of amides is 2. The molecular weight excluding hydrogens is 428 g/mol. The number of nitrogens with zero attached hydrogens (tertiary/aromatic N) is 3. The number of ether oxygens (including phenoxy) is 1. The molecule has 0 aliphatic carbocycles. The lowest BCUT2D eigenvalue weighted by molar-refractivity contribution is -0.130. The average molecular weight is 455 g/mol. The third-order valence-electron chi connectivity index (χ3n) is 5.34. The van der Waals surface area contributed by atoms with Crippen molar-refractivity contribution in [1.29, 1.82) is 0 Å². The zero-order valence-corrected chi connectivity index (χ0v) is 18.8. The van der Waals surface area contributed by atoms with Crippen LogP contribution < -0.4 is 10.1 Å². The zero-order chi connectivity index (χ0) is 22.3. The molecule has 0 bridgehead atoms. The maximum absolute atomic E-state index is 13.2. The number of methoxy groups -OCH3 is 1. The first-order valence-electron chi connectivity index (χ1n) is 10.6.